The molecule has 0 saturated carbocycles. The second kappa shape index (κ2) is 6.21. The summed E-state index contributed by atoms with van der Waals surface area (Å²) in [6, 6.07) is 6.89. The minimum Gasteiger partial charge on any atom is -0.313 e. The number of rotatable bonds is 5. The molecule has 0 amide bonds. The molecule has 16 heavy (non-hydrogen) atoms. The average molecular weight is 282 g/mol. The molecule has 1 aromatic carbocycles. The summed E-state index contributed by atoms with van der Waals surface area (Å²) in [5.41, 5.74) is 3.96. The van der Waals surface area contributed by atoms with Gasteiger partial charge in [-0.1, -0.05) is 27.6 Å². The van der Waals surface area contributed by atoms with Crippen molar-refractivity contribution in [3.63, 3.8) is 0 Å². The third-order valence-electron chi connectivity index (χ3n) is 2.82. The molecule has 0 fully saturated rings. The van der Waals surface area contributed by atoms with Crippen molar-refractivity contribution >= 4 is 15.9 Å². The molecule has 0 aliphatic rings. The second-order valence-corrected chi connectivity index (χ2v) is 5.25. The van der Waals surface area contributed by atoms with Crippen LogP contribution in [0.2, 0.25) is 0 Å². The highest BCUT2D eigenvalue weighted by Gasteiger charge is 2.11. The molecule has 88 valence electrons. The van der Waals surface area contributed by atoms with Gasteiger partial charge in [0.15, 0.2) is 0 Å². The van der Waals surface area contributed by atoms with Gasteiger partial charge in [0.1, 0.15) is 0 Å². The third-order valence-corrected chi connectivity index (χ3v) is 3.31. The van der Waals surface area contributed by atoms with Crippen LogP contribution in [0.4, 0.5) is 0 Å². The number of allylic oxidation sites excluding steroid dienone is 1. The van der Waals surface area contributed by atoms with Gasteiger partial charge in [0, 0.05) is 10.5 Å². The van der Waals surface area contributed by atoms with Crippen LogP contribution >= 0.6 is 15.9 Å². The molecule has 1 unspecified atom stereocenters. The van der Waals surface area contributed by atoms with Gasteiger partial charge in [0.25, 0.3) is 0 Å². The molecule has 2 heteroatoms. The monoisotopic (exact) mass is 281 g/mol. The summed E-state index contributed by atoms with van der Waals surface area (Å²) < 4.78 is 1.14. The summed E-state index contributed by atoms with van der Waals surface area (Å²) in [7, 11) is 2.02. The number of hydrogen-bond acceptors (Lipinski definition) is 1. The third kappa shape index (κ3) is 3.76. The Labute approximate surface area is 107 Å². The van der Waals surface area contributed by atoms with Crippen LogP contribution < -0.4 is 5.32 Å². The summed E-state index contributed by atoms with van der Waals surface area (Å²) in [5, 5.41) is 3.38. The second-order valence-electron chi connectivity index (χ2n) is 4.34. The van der Waals surface area contributed by atoms with Crippen molar-refractivity contribution in [3.8, 4) is 0 Å². The fourth-order valence-electron chi connectivity index (χ4n) is 1.88. The van der Waals surface area contributed by atoms with Gasteiger partial charge in [-0.05, 0) is 57.0 Å². The summed E-state index contributed by atoms with van der Waals surface area (Å²) in [6.07, 6.45) is 2.18. The highest BCUT2D eigenvalue weighted by molar-refractivity contribution is 9.10. The predicted molar refractivity (Wildman–Crippen MR) is 74.7 cm³/mol. The molecule has 1 atom stereocenters. The van der Waals surface area contributed by atoms with Crippen molar-refractivity contribution in [1.29, 1.82) is 0 Å². The number of nitrogens with one attached hydrogen (secondary N) is 1. The van der Waals surface area contributed by atoms with E-state index in [2.05, 4.69) is 59.9 Å². The number of benzene rings is 1. The van der Waals surface area contributed by atoms with Gasteiger partial charge in [-0.3, -0.25) is 0 Å². The molecule has 0 saturated heterocycles. The van der Waals surface area contributed by atoms with E-state index in [1.807, 2.05) is 7.05 Å². The molecule has 1 N–H and O–H groups in total. The fourth-order valence-corrected chi connectivity index (χ4v) is 2.35. The van der Waals surface area contributed by atoms with Crippen molar-refractivity contribution in [2.45, 2.75) is 32.7 Å². The Morgan fingerprint density at radius 3 is 2.69 bits per heavy atom. The molecule has 0 radical (unpaired) electrons. The maximum absolute atomic E-state index is 3.96. The smallest absolute Gasteiger partial charge is 0.0323 e. The van der Waals surface area contributed by atoms with Gasteiger partial charge < -0.3 is 5.32 Å². The first-order valence-corrected chi connectivity index (χ1v) is 6.41. The highest BCUT2D eigenvalue weighted by Crippen LogP contribution is 2.25. The van der Waals surface area contributed by atoms with E-state index in [0.29, 0.717) is 6.04 Å². The summed E-state index contributed by atoms with van der Waals surface area (Å²) in [5.74, 6) is 0. The van der Waals surface area contributed by atoms with E-state index >= 15 is 0 Å². The first-order chi connectivity index (χ1) is 7.54. The maximum Gasteiger partial charge on any atom is 0.0323 e. The van der Waals surface area contributed by atoms with Crippen molar-refractivity contribution in [2.24, 2.45) is 0 Å². The molecule has 1 nitrogen and oxygen atoms in total. The molecule has 0 bridgehead atoms. The average Bonchev–Trinajstić information content (AvgIpc) is 2.21. The molecular formula is C14H20BrN. The Morgan fingerprint density at radius 2 is 2.19 bits per heavy atom. The summed E-state index contributed by atoms with van der Waals surface area (Å²) in [4.78, 5) is 0. The van der Waals surface area contributed by atoms with Crippen LogP contribution in [-0.4, -0.2) is 7.05 Å². The van der Waals surface area contributed by atoms with Crippen molar-refractivity contribution in [3.05, 3.63) is 46.0 Å². The fraction of sp³-hybridized carbons (Fsp3) is 0.429. The van der Waals surface area contributed by atoms with Crippen LogP contribution in [0, 0.1) is 6.92 Å². The topological polar surface area (TPSA) is 12.0 Å². The minimum atomic E-state index is 0.421. The molecule has 1 rings (SSSR count). The van der Waals surface area contributed by atoms with Gasteiger partial charge in [-0.2, -0.15) is 0 Å². The van der Waals surface area contributed by atoms with Gasteiger partial charge in [0.2, 0.25) is 0 Å². The Hall–Kier alpha value is -0.600. The van der Waals surface area contributed by atoms with Crippen molar-refractivity contribution in [2.75, 3.05) is 7.05 Å². The van der Waals surface area contributed by atoms with Gasteiger partial charge in [-0.25, -0.2) is 0 Å². The lowest BCUT2D eigenvalue weighted by atomic mass is 9.96. The molecule has 0 aliphatic carbocycles. The zero-order valence-corrected chi connectivity index (χ0v) is 11.9. The highest BCUT2D eigenvalue weighted by atomic mass is 79.9. The quantitative estimate of drug-likeness (QED) is 0.790. The van der Waals surface area contributed by atoms with Crippen LogP contribution in [0.25, 0.3) is 0 Å². The van der Waals surface area contributed by atoms with Gasteiger partial charge in [-0.15, -0.1) is 6.58 Å². The molecular weight excluding hydrogens is 262 g/mol. The van der Waals surface area contributed by atoms with E-state index in [-0.39, 0.29) is 0 Å². The van der Waals surface area contributed by atoms with Crippen LogP contribution in [0.1, 0.15) is 36.9 Å². The normalized spacial score (nSPS) is 12.5. The zero-order chi connectivity index (χ0) is 12.1. The Morgan fingerprint density at radius 1 is 1.50 bits per heavy atom. The Balaban J connectivity index is 2.82. The molecule has 0 spiro atoms. The Bertz CT molecular complexity index is 371. The van der Waals surface area contributed by atoms with E-state index < -0.39 is 0 Å². The van der Waals surface area contributed by atoms with E-state index in [0.717, 1.165) is 17.3 Å². The van der Waals surface area contributed by atoms with Crippen LogP contribution in [0.5, 0.6) is 0 Å². The summed E-state index contributed by atoms with van der Waals surface area (Å²) in [6.45, 7) is 8.20. The van der Waals surface area contributed by atoms with Crippen LogP contribution in [0.3, 0.4) is 0 Å². The first kappa shape index (κ1) is 13.5. The van der Waals surface area contributed by atoms with Crippen LogP contribution in [-0.2, 0) is 0 Å². The largest absolute Gasteiger partial charge is 0.313 e. The maximum atomic E-state index is 3.96. The van der Waals surface area contributed by atoms with Gasteiger partial charge in [0.05, 0.1) is 0 Å². The molecule has 0 heterocycles. The molecule has 0 aliphatic heterocycles. The van der Waals surface area contributed by atoms with E-state index in [1.165, 1.54) is 16.7 Å². The zero-order valence-electron chi connectivity index (χ0n) is 10.3. The standard InChI is InChI=1S/C14H20BrN/c1-10(2)5-8-14(16-4)13-7-6-12(15)9-11(13)3/h6-7,9,14,16H,1,5,8H2,2-4H3. The number of hydrogen-bond donors (Lipinski definition) is 1. The van der Waals surface area contributed by atoms with Crippen molar-refractivity contribution in [1.82, 2.24) is 5.32 Å². The molecule has 0 aromatic heterocycles. The van der Waals surface area contributed by atoms with Crippen LogP contribution in [0.15, 0.2) is 34.8 Å². The SMILES string of the molecule is C=C(C)CCC(NC)c1ccc(Br)cc1C. The van der Waals surface area contributed by atoms with E-state index in [9.17, 15) is 0 Å². The minimum absolute atomic E-state index is 0.421. The number of aryl methyl sites for hydroxylation is 1. The summed E-state index contributed by atoms with van der Waals surface area (Å²) >= 11 is 3.50. The first-order valence-electron chi connectivity index (χ1n) is 5.62. The predicted octanol–water partition coefficient (Wildman–Crippen LogP) is 4.37. The van der Waals surface area contributed by atoms with Gasteiger partial charge >= 0.3 is 0 Å². The van der Waals surface area contributed by atoms with E-state index in [1.54, 1.807) is 0 Å². The van der Waals surface area contributed by atoms with E-state index in [4.69, 9.17) is 0 Å². The number of halogens is 1. The lowest BCUT2D eigenvalue weighted by molar-refractivity contribution is 0.546. The molecule has 1 aromatic rings. The lowest BCUT2D eigenvalue weighted by Crippen LogP contribution is -2.17. The lowest BCUT2D eigenvalue weighted by Gasteiger charge is -2.19. The Kier molecular flexibility index (Phi) is 5.23. The van der Waals surface area contributed by atoms with Crippen molar-refractivity contribution < 1.29 is 0 Å².